The van der Waals surface area contributed by atoms with Gasteiger partial charge in [0.15, 0.2) is 5.78 Å². The summed E-state index contributed by atoms with van der Waals surface area (Å²) >= 11 is 0. The largest absolute Gasteiger partial charge is 0.382 e. The Morgan fingerprint density at radius 2 is 2.45 bits per heavy atom. The van der Waals surface area contributed by atoms with E-state index in [0.29, 0.717) is 0 Å². The zero-order valence-electron chi connectivity index (χ0n) is 5.97. The van der Waals surface area contributed by atoms with Crippen molar-refractivity contribution in [2.75, 3.05) is 6.54 Å². The molecule has 58 valence electrons. The Kier molecular flexibility index (Phi) is 1.32. The summed E-state index contributed by atoms with van der Waals surface area (Å²) in [5, 5.41) is 9.35. The molecule has 2 heterocycles. The first kappa shape index (κ1) is 6.61. The van der Waals surface area contributed by atoms with Crippen molar-refractivity contribution in [3.8, 4) is 0 Å². The van der Waals surface area contributed by atoms with Crippen molar-refractivity contribution in [1.82, 2.24) is 4.90 Å². The van der Waals surface area contributed by atoms with Gasteiger partial charge in [0.05, 0.1) is 6.04 Å². The van der Waals surface area contributed by atoms with Crippen LogP contribution >= 0.6 is 0 Å². The fraction of sp³-hybridized carbons (Fsp3) is 0.375. The van der Waals surface area contributed by atoms with E-state index in [0.717, 1.165) is 6.54 Å². The summed E-state index contributed by atoms with van der Waals surface area (Å²) in [4.78, 5) is 12.9. The minimum atomic E-state index is -0.862. The topological polar surface area (TPSA) is 40.5 Å². The van der Waals surface area contributed by atoms with E-state index < -0.39 is 6.10 Å². The zero-order valence-corrected chi connectivity index (χ0v) is 5.97. The second kappa shape index (κ2) is 2.20. The number of aliphatic hydroxyl groups excluding tert-OH is 1. The lowest BCUT2D eigenvalue weighted by molar-refractivity contribution is -0.125. The molecule has 2 atom stereocenters. The summed E-state index contributed by atoms with van der Waals surface area (Å²) < 4.78 is 0. The van der Waals surface area contributed by atoms with Crippen molar-refractivity contribution in [1.29, 1.82) is 0 Å². The predicted molar refractivity (Wildman–Crippen MR) is 39.8 cm³/mol. The Bertz CT molecular complexity index is 244. The van der Waals surface area contributed by atoms with Crippen molar-refractivity contribution < 1.29 is 9.90 Å². The number of hydrogen-bond acceptors (Lipinski definition) is 3. The Morgan fingerprint density at radius 3 is 3.27 bits per heavy atom. The minimum absolute atomic E-state index is 0.118. The van der Waals surface area contributed by atoms with Gasteiger partial charge >= 0.3 is 0 Å². The number of fused-ring (bicyclic) bond motifs is 1. The highest BCUT2D eigenvalue weighted by molar-refractivity contribution is 5.95. The van der Waals surface area contributed by atoms with E-state index in [1.807, 2.05) is 17.1 Å². The van der Waals surface area contributed by atoms with Crippen molar-refractivity contribution >= 4 is 5.78 Å². The molecule has 0 amide bonds. The number of hydrogen-bond donors (Lipinski definition) is 1. The maximum atomic E-state index is 10.9. The third-order valence-electron chi connectivity index (χ3n) is 2.08. The molecule has 0 aromatic heterocycles. The van der Waals surface area contributed by atoms with Gasteiger partial charge in [-0.2, -0.15) is 0 Å². The van der Waals surface area contributed by atoms with E-state index in [1.165, 1.54) is 6.08 Å². The van der Waals surface area contributed by atoms with Gasteiger partial charge in [0.2, 0.25) is 0 Å². The van der Waals surface area contributed by atoms with Gasteiger partial charge in [-0.3, -0.25) is 4.79 Å². The molecular weight excluding hydrogens is 142 g/mol. The van der Waals surface area contributed by atoms with Crippen LogP contribution in [0.4, 0.5) is 0 Å². The van der Waals surface area contributed by atoms with Gasteiger partial charge in [0.25, 0.3) is 0 Å². The summed E-state index contributed by atoms with van der Waals surface area (Å²) in [7, 11) is 0. The minimum Gasteiger partial charge on any atom is -0.382 e. The lowest BCUT2D eigenvalue weighted by Crippen LogP contribution is -2.43. The Labute approximate surface area is 64.6 Å². The lowest BCUT2D eigenvalue weighted by atomic mass is 10.0. The molecule has 0 unspecified atom stereocenters. The van der Waals surface area contributed by atoms with Gasteiger partial charge in [0.1, 0.15) is 6.10 Å². The fourth-order valence-corrected chi connectivity index (χ4v) is 1.44. The monoisotopic (exact) mass is 151 g/mol. The third kappa shape index (κ3) is 0.886. The number of rotatable bonds is 0. The van der Waals surface area contributed by atoms with Crippen LogP contribution in [0, 0.1) is 0 Å². The maximum absolute atomic E-state index is 10.9. The molecule has 0 fully saturated rings. The quantitative estimate of drug-likeness (QED) is 0.482. The second-order valence-electron chi connectivity index (χ2n) is 2.78. The molecule has 0 bridgehead atoms. The molecule has 11 heavy (non-hydrogen) atoms. The van der Waals surface area contributed by atoms with Crippen LogP contribution in [0.15, 0.2) is 24.4 Å². The molecule has 0 saturated carbocycles. The zero-order chi connectivity index (χ0) is 7.84. The molecule has 0 aromatic carbocycles. The summed E-state index contributed by atoms with van der Waals surface area (Å²) in [5.74, 6) is -0.196. The molecule has 3 nitrogen and oxygen atoms in total. The van der Waals surface area contributed by atoms with E-state index in [-0.39, 0.29) is 11.8 Å². The average Bonchev–Trinajstić information content (AvgIpc) is 2.45. The molecule has 2 aliphatic rings. The SMILES string of the molecule is O=C1C=CN2CC=C[C@H]2[C@H]1O. The summed E-state index contributed by atoms with van der Waals surface area (Å²) in [6.45, 7) is 0.797. The van der Waals surface area contributed by atoms with E-state index in [1.54, 1.807) is 6.20 Å². The standard InChI is InChI=1S/C8H9NO2/c10-7-3-5-9-4-1-2-6(9)8(7)11/h1-3,5-6,8,11H,4H2/t6-,8+/m0/s1. The van der Waals surface area contributed by atoms with E-state index in [9.17, 15) is 9.90 Å². The van der Waals surface area contributed by atoms with Crippen molar-refractivity contribution in [2.45, 2.75) is 12.1 Å². The van der Waals surface area contributed by atoms with E-state index >= 15 is 0 Å². The Hall–Kier alpha value is -1.09. The number of carbonyl (C=O) groups excluding carboxylic acids is 1. The summed E-state index contributed by atoms with van der Waals surface area (Å²) in [6, 6.07) is -0.118. The first-order valence-electron chi connectivity index (χ1n) is 3.61. The summed E-state index contributed by atoms with van der Waals surface area (Å²) in [5.41, 5.74) is 0. The van der Waals surface area contributed by atoms with Crippen LogP contribution in [0.1, 0.15) is 0 Å². The molecule has 1 N–H and O–H groups in total. The van der Waals surface area contributed by atoms with Crippen LogP contribution in [-0.4, -0.2) is 34.5 Å². The van der Waals surface area contributed by atoms with Gasteiger partial charge in [-0.15, -0.1) is 0 Å². The van der Waals surface area contributed by atoms with Crippen LogP contribution in [0.5, 0.6) is 0 Å². The van der Waals surface area contributed by atoms with Crippen LogP contribution in [0.3, 0.4) is 0 Å². The fourth-order valence-electron chi connectivity index (χ4n) is 1.44. The van der Waals surface area contributed by atoms with Gasteiger partial charge in [0, 0.05) is 12.7 Å². The van der Waals surface area contributed by atoms with Crippen LogP contribution in [-0.2, 0) is 4.79 Å². The maximum Gasteiger partial charge on any atom is 0.187 e. The first-order chi connectivity index (χ1) is 5.29. The number of aliphatic hydroxyl groups is 1. The smallest absolute Gasteiger partial charge is 0.187 e. The highest BCUT2D eigenvalue weighted by Crippen LogP contribution is 2.18. The van der Waals surface area contributed by atoms with Crippen molar-refractivity contribution in [3.05, 3.63) is 24.4 Å². The number of ketones is 1. The molecule has 3 heteroatoms. The molecule has 0 spiro atoms. The highest BCUT2D eigenvalue weighted by Gasteiger charge is 2.31. The third-order valence-corrected chi connectivity index (χ3v) is 2.08. The average molecular weight is 151 g/mol. The predicted octanol–water partition coefficient (Wildman–Crippen LogP) is -0.316. The Balaban J connectivity index is 2.29. The molecule has 2 aliphatic heterocycles. The van der Waals surface area contributed by atoms with Gasteiger partial charge in [-0.05, 0) is 6.08 Å². The second-order valence-corrected chi connectivity index (χ2v) is 2.78. The van der Waals surface area contributed by atoms with E-state index in [2.05, 4.69) is 0 Å². The number of carbonyl (C=O) groups is 1. The number of nitrogens with zero attached hydrogens (tertiary/aromatic N) is 1. The molecule has 0 saturated heterocycles. The molecule has 0 aromatic rings. The van der Waals surface area contributed by atoms with Gasteiger partial charge in [-0.25, -0.2) is 0 Å². The van der Waals surface area contributed by atoms with Gasteiger partial charge < -0.3 is 10.0 Å². The van der Waals surface area contributed by atoms with Crippen LogP contribution < -0.4 is 0 Å². The van der Waals surface area contributed by atoms with Crippen molar-refractivity contribution in [3.63, 3.8) is 0 Å². The van der Waals surface area contributed by atoms with Gasteiger partial charge in [-0.1, -0.05) is 12.2 Å². The van der Waals surface area contributed by atoms with E-state index in [4.69, 9.17) is 0 Å². The first-order valence-corrected chi connectivity index (χ1v) is 3.61. The molecular formula is C8H9NO2. The molecule has 0 aliphatic carbocycles. The highest BCUT2D eigenvalue weighted by atomic mass is 16.3. The van der Waals surface area contributed by atoms with Crippen LogP contribution in [0.2, 0.25) is 0 Å². The van der Waals surface area contributed by atoms with Crippen LogP contribution in [0.25, 0.3) is 0 Å². The molecule has 2 rings (SSSR count). The molecule has 0 radical (unpaired) electrons. The Morgan fingerprint density at radius 1 is 1.64 bits per heavy atom. The normalized spacial score (nSPS) is 34.6. The summed E-state index contributed by atoms with van der Waals surface area (Å²) in [6.07, 6.45) is 6.12. The van der Waals surface area contributed by atoms with Crippen molar-refractivity contribution in [2.24, 2.45) is 0 Å². The lowest BCUT2D eigenvalue weighted by Gasteiger charge is -2.28.